The zero-order chi connectivity index (χ0) is 19.4. The smallest absolute Gasteiger partial charge is 0.238 e. The molecule has 0 aromatic heterocycles. The number of likely N-dealkylation sites (tertiary alicyclic amines) is 1. The van der Waals surface area contributed by atoms with Crippen LogP contribution >= 0.6 is 0 Å². The van der Waals surface area contributed by atoms with E-state index in [2.05, 4.69) is 10.2 Å². The van der Waals surface area contributed by atoms with Crippen molar-refractivity contribution in [3.8, 4) is 5.75 Å². The number of hydrogen-bond donors (Lipinski definition) is 2. The van der Waals surface area contributed by atoms with Crippen LogP contribution in [0.3, 0.4) is 0 Å². The highest BCUT2D eigenvalue weighted by Gasteiger charge is 2.22. The van der Waals surface area contributed by atoms with E-state index in [0.29, 0.717) is 11.6 Å². The second-order valence-corrected chi connectivity index (χ2v) is 8.94. The summed E-state index contributed by atoms with van der Waals surface area (Å²) in [7, 11) is -3.40. The van der Waals surface area contributed by atoms with Crippen LogP contribution in [0.25, 0.3) is 0 Å². The summed E-state index contributed by atoms with van der Waals surface area (Å²) in [5.41, 5.74) is 1.53. The number of sulfone groups is 1. The molecule has 1 aliphatic rings. The number of carbonyl (C=O) groups excluding carboxylic acids is 1. The summed E-state index contributed by atoms with van der Waals surface area (Å²) in [6.45, 7) is 1.83. The molecule has 0 unspecified atom stereocenters. The third-order valence-electron chi connectivity index (χ3n) is 4.88. The average Bonchev–Trinajstić information content (AvgIpc) is 2.62. The van der Waals surface area contributed by atoms with Crippen molar-refractivity contribution in [2.24, 2.45) is 0 Å². The molecule has 1 amide bonds. The highest BCUT2D eigenvalue weighted by Crippen LogP contribution is 2.29. The molecule has 1 fully saturated rings. The van der Waals surface area contributed by atoms with Crippen LogP contribution in [0.2, 0.25) is 0 Å². The molecular weight excluding hydrogens is 364 g/mol. The minimum absolute atomic E-state index is 0.129. The molecule has 3 rings (SSSR count). The van der Waals surface area contributed by atoms with Gasteiger partial charge in [-0.15, -0.1) is 0 Å². The number of nitrogens with one attached hydrogen (secondary N) is 1. The zero-order valence-electron chi connectivity index (χ0n) is 15.3. The number of hydrogen-bond acceptors (Lipinski definition) is 5. The Morgan fingerprint density at radius 2 is 1.74 bits per heavy atom. The summed E-state index contributed by atoms with van der Waals surface area (Å²) in [6.07, 6.45) is 3.02. The Morgan fingerprint density at radius 3 is 2.37 bits per heavy atom. The Morgan fingerprint density at radius 1 is 1.11 bits per heavy atom. The van der Waals surface area contributed by atoms with E-state index in [1.165, 1.54) is 11.6 Å². The number of aromatic hydroxyl groups is 1. The van der Waals surface area contributed by atoms with Gasteiger partial charge in [-0.3, -0.25) is 9.69 Å². The van der Waals surface area contributed by atoms with E-state index in [1.807, 2.05) is 12.1 Å². The molecule has 2 aromatic rings. The van der Waals surface area contributed by atoms with E-state index in [0.717, 1.165) is 32.2 Å². The number of benzene rings is 2. The van der Waals surface area contributed by atoms with E-state index < -0.39 is 9.84 Å². The highest BCUT2D eigenvalue weighted by atomic mass is 32.2. The summed E-state index contributed by atoms with van der Waals surface area (Å²) < 4.78 is 23.7. The van der Waals surface area contributed by atoms with Crippen molar-refractivity contribution in [2.75, 3.05) is 31.2 Å². The first-order valence-corrected chi connectivity index (χ1v) is 10.8. The standard InChI is InChI=1S/C20H24N2O4S/c1-27(25,26)19-5-3-2-4-18(19)21-20(24)14-22-12-10-16(11-13-22)15-6-8-17(23)9-7-15/h2-9,16,23H,10-14H2,1H3,(H,21,24). The van der Waals surface area contributed by atoms with Gasteiger partial charge in [0, 0.05) is 6.26 Å². The van der Waals surface area contributed by atoms with Gasteiger partial charge >= 0.3 is 0 Å². The number of para-hydroxylation sites is 1. The largest absolute Gasteiger partial charge is 0.508 e. The van der Waals surface area contributed by atoms with E-state index in [-0.39, 0.29) is 23.1 Å². The first kappa shape index (κ1) is 19.4. The Kier molecular flexibility index (Phi) is 5.82. The maximum Gasteiger partial charge on any atom is 0.238 e. The van der Waals surface area contributed by atoms with Crippen molar-refractivity contribution >= 4 is 21.4 Å². The molecule has 6 nitrogen and oxygen atoms in total. The Balaban J connectivity index is 1.55. The van der Waals surface area contributed by atoms with Crippen LogP contribution in [-0.2, 0) is 14.6 Å². The molecule has 0 saturated carbocycles. The maximum atomic E-state index is 12.4. The summed E-state index contributed by atoms with van der Waals surface area (Å²) in [5.74, 6) is 0.479. The van der Waals surface area contributed by atoms with Crippen molar-refractivity contribution < 1.29 is 18.3 Å². The fraction of sp³-hybridized carbons (Fsp3) is 0.350. The summed E-state index contributed by atoms with van der Waals surface area (Å²) >= 11 is 0. The first-order valence-electron chi connectivity index (χ1n) is 8.93. The summed E-state index contributed by atoms with van der Waals surface area (Å²) in [6, 6.07) is 13.7. The number of nitrogens with zero attached hydrogens (tertiary/aromatic N) is 1. The summed E-state index contributed by atoms with van der Waals surface area (Å²) in [4.78, 5) is 14.6. The van der Waals surface area contributed by atoms with Crippen LogP contribution in [0.5, 0.6) is 5.75 Å². The number of amides is 1. The topological polar surface area (TPSA) is 86.7 Å². The van der Waals surface area contributed by atoms with Gasteiger partial charge < -0.3 is 10.4 Å². The van der Waals surface area contributed by atoms with Crippen molar-refractivity contribution in [3.05, 3.63) is 54.1 Å². The van der Waals surface area contributed by atoms with Crippen molar-refractivity contribution in [1.82, 2.24) is 4.90 Å². The van der Waals surface area contributed by atoms with Gasteiger partial charge in [-0.1, -0.05) is 24.3 Å². The van der Waals surface area contributed by atoms with Crippen LogP contribution in [-0.4, -0.2) is 50.2 Å². The Labute approximate surface area is 159 Å². The van der Waals surface area contributed by atoms with E-state index in [1.54, 1.807) is 30.3 Å². The van der Waals surface area contributed by atoms with Crippen molar-refractivity contribution in [2.45, 2.75) is 23.7 Å². The highest BCUT2D eigenvalue weighted by molar-refractivity contribution is 7.90. The van der Waals surface area contributed by atoms with Crippen LogP contribution < -0.4 is 5.32 Å². The molecule has 0 bridgehead atoms. The fourth-order valence-electron chi connectivity index (χ4n) is 3.46. The van der Waals surface area contributed by atoms with Gasteiger partial charge in [0.25, 0.3) is 0 Å². The van der Waals surface area contributed by atoms with E-state index in [9.17, 15) is 18.3 Å². The minimum Gasteiger partial charge on any atom is -0.508 e. The SMILES string of the molecule is CS(=O)(=O)c1ccccc1NC(=O)CN1CCC(c2ccc(O)cc2)CC1. The molecule has 2 aromatic carbocycles. The van der Waals surface area contributed by atoms with Gasteiger partial charge in [-0.2, -0.15) is 0 Å². The predicted octanol–water partition coefficient (Wildman–Crippen LogP) is 2.61. The monoisotopic (exact) mass is 388 g/mol. The Bertz CT molecular complexity index is 902. The molecule has 0 atom stereocenters. The lowest BCUT2D eigenvalue weighted by atomic mass is 9.89. The van der Waals surface area contributed by atoms with E-state index in [4.69, 9.17) is 0 Å². The third-order valence-corrected chi connectivity index (χ3v) is 6.03. The van der Waals surface area contributed by atoms with E-state index >= 15 is 0 Å². The second kappa shape index (κ2) is 8.10. The first-order chi connectivity index (χ1) is 12.8. The van der Waals surface area contributed by atoms with Gasteiger partial charge in [0.05, 0.1) is 17.1 Å². The van der Waals surface area contributed by atoms with Gasteiger partial charge in [-0.05, 0) is 61.7 Å². The average molecular weight is 388 g/mol. The number of rotatable bonds is 5. The van der Waals surface area contributed by atoms with Gasteiger partial charge in [0.15, 0.2) is 9.84 Å². The molecule has 144 valence electrons. The number of piperidine rings is 1. The predicted molar refractivity (Wildman–Crippen MR) is 105 cm³/mol. The van der Waals surface area contributed by atoms with Crippen molar-refractivity contribution in [3.63, 3.8) is 0 Å². The molecule has 0 aliphatic carbocycles. The molecular formula is C20H24N2O4S. The van der Waals surface area contributed by atoms with Crippen LogP contribution in [0.4, 0.5) is 5.69 Å². The molecule has 0 radical (unpaired) electrons. The third kappa shape index (κ3) is 5.08. The van der Waals surface area contributed by atoms with Crippen LogP contribution in [0.15, 0.2) is 53.4 Å². The normalized spacial score (nSPS) is 16.2. The lowest BCUT2D eigenvalue weighted by Crippen LogP contribution is -2.38. The number of anilines is 1. The van der Waals surface area contributed by atoms with Crippen molar-refractivity contribution in [1.29, 1.82) is 0 Å². The number of carbonyl (C=O) groups is 1. The molecule has 7 heteroatoms. The molecule has 1 saturated heterocycles. The lowest BCUT2D eigenvalue weighted by molar-refractivity contribution is -0.117. The molecule has 1 heterocycles. The quantitative estimate of drug-likeness (QED) is 0.822. The van der Waals surface area contributed by atoms with Gasteiger partial charge in [-0.25, -0.2) is 8.42 Å². The fourth-order valence-corrected chi connectivity index (χ4v) is 4.30. The number of phenols is 1. The second-order valence-electron chi connectivity index (χ2n) is 6.96. The minimum atomic E-state index is -3.40. The zero-order valence-corrected chi connectivity index (χ0v) is 16.1. The van der Waals surface area contributed by atoms with Gasteiger partial charge in [0.2, 0.25) is 5.91 Å². The lowest BCUT2D eigenvalue weighted by Gasteiger charge is -2.31. The van der Waals surface area contributed by atoms with Crippen LogP contribution in [0, 0.1) is 0 Å². The molecule has 2 N–H and O–H groups in total. The van der Waals surface area contributed by atoms with Crippen LogP contribution in [0.1, 0.15) is 24.3 Å². The molecule has 0 spiro atoms. The maximum absolute atomic E-state index is 12.4. The molecule has 1 aliphatic heterocycles. The Hall–Kier alpha value is -2.38. The molecule has 27 heavy (non-hydrogen) atoms. The summed E-state index contributed by atoms with van der Waals surface area (Å²) in [5, 5.41) is 12.1. The van der Waals surface area contributed by atoms with Gasteiger partial charge in [0.1, 0.15) is 5.75 Å². The number of phenolic OH excluding ortho intramolecular Hbond substituents is 1.